The maximum atomic E-state index is 14.6. The maximum absolute atomic E-state index is 14.6. The van der Waals surface area contributed by atoms with Gasteiger partial charge in [0.15, 0.2) is 11.6 Å². The van der Waals surface area contributed by atoms with Crippen molar-refractivity contribution >= 4 is 17.7 Å². The van der Waals surface area contributed by atoms with Gasteiger partial charge in [-0.1, -0.05) is 17.7 Å². The van der Waals surface area contributed by atoms with Crippen LogP contribution in [0.4, 0.5) is 9.18 Å². The predicted molar refractivity (Wildman–Crippen MR) is 89.5 cm³/mol. The van der Waals surface area contributed by atoms with E-state index in [1.54, 1.807) is 12.1 Å². The third-order valence-corrected chi connectivity index (χ3v) is 4.18. The Hall–Kier alpha value is -2.78. The Morgan fingerprint density at radius 1 is 1.40 bits per heavy atom. The number of ether oxygens (including phenoxy) is 1. The second kappa shape index (κ2) is 6.99. The Morgan fingerprint density at radius 3 is 2.80 bits per heavy atom. The summed E-state index contributed by atoms with van der Waals surface area (Å²) in [5.74, 6) is -0.202. The summed E-state index contributed by atoms with van der Waals surface area (Å²) in [5.41, 5.74) is 1.52. The van der Waals surface area contributed by atoms with Crippen LogP contribution in [-0.4, -0.2) is 11.2 Å². The minimum atomic E-state index is -1.26. The monoisotopic (exact) mass is 360 g/mol. The third-order valence-electron chi connectivity index (χ3n) is 3.89. The molecular weight excluding hydrogens is 347 g/mol. The first-order chi connectivity index (χ1) is 12.0. The molecular formula is C18H14ClFN2O3. The van der Waals surface area contributed by atoms with Crippen LogP contribution in [0, 0.1) is 17.1 Å². The van der Waals surface area contributed by atoms with E-state index >= 15 is 0 Å². The highest BCUT2D eigenvalue weighted by Crippen LogP contribution is 2.42. The molecule has 2 aromatic rings. The van der Waals surface area contributed by atoms with Crippen LogP contribution >= 0.6 is 11.6 Å². The molecule has 3 rings (SSSR count). The molecule has 0 aliphatic heterocycles. The summed E-state index contributed by atoms with van der Waals surface area (Å²) in [6, 6.07) is 9.99. The summed E-state index contributed by atoms with van der Waals surface area (Å²) in [7, 11) is 0. The molecule has 0 saturated heterocycles. The number of nitrogens with one attached hydrogen (secondary N) is 1. The minimum absolute atomic E-state index is 0.0620. The molecule has 25 heavy (non-hydrogen) atoms. The fourth-order valence-electron chi connectivity index (χ4n) is 2.49. The molecule has 0 unspecified atom stereocenters. The van der Waals surface area contributed by atoms with Gasteiger partial charge in [0.25, 0.3) is 0 Å². The number of carbonyl (C=O) groups is 1. The molecule has 2 aromatic carbocycles. The molecule has 0 bridgehead atoms. The summed E-state index contributed by atoms with van der Waals surface area (Å²) in [6.07, 6.45) is 0.854. The zero-order valence-corrected chi connectivity index (χ0v) is 13.8. The molecule has 1 fully saturated rings. The number of halogens is 2. The second-order valence-electron chi connectivity index (χ2n) is 5.79. The van der Waals surface area contributed by atoms with E-state index in [9.17, 15) is 9.18 Å². The highest BCUT2D eigenvalue weighted by atomic mass is 35.5. The van der Waals surface area contributed by atoms with E-state index in [0.29, 0.717) is 17.2 Å². The Bertz CT molecular complexity index is 875. The normalized spacial score (nSPS) is 13.2. The highest BCUT2D eigenvalue weighted by molar-refractivity contribution is 6.32. The molecule has 0 atom stereocenters. The molecule has 1 aliphatic carbocycles. The Kier molecular flexibility index (Phi) is 4.77. The Morgan fingerprint density at radius 2 is 2.16 bits per heavy atom. The first-order valence-electron chi connectivity index (χ1n) is 7.64. The molecule has 5 nitrogen and oxygen atoms in total. The molecule has 2 N–H and O–H groups in total. The van der Waals surface area contributed by atoms with Crippen molar-refractivity contribution in [3.8, 4) is 17.6 Å². The standard InChI is InChI=1S/C18H14ClFN2O3/c19-15-4-3-12(9-22-18(23)24)16(20)17(15)25-14-6-10(8-21)5-13(7-14)11-1-2-11/h3-7,11,22H,1-2,9H2,(H,23,24). The lowest BCUT2D eigenvalue weighted by Crippen LogP contribution is -2.20. The number of amides is 1. The molecule has 0 heterocycles. The van der Waals surface area contributed by atoms with Crippen molar-refractivity contribution in [2.45, 2.75) is 25.3 Å². The smallest absolute Gasteiger partial charge is 0.404 e. The molecule has 1 saturated carbocycles. The van der Waals surface area contributed by atoms with E-state index in [4.69, 9.17) is 26.7 Å². The average molecular weight is 361 g/mol. The number of hydrogen-bond acceptors (Lipinski definition) is 3. The fourth-order valence-corrected chi connectivity index (χ4v) is 2.67. The van der Waals surface area contributed by atoms with Gasteiger partial charge in [0.2, 0.25) is 0 Å². The zero-order chi connectivity index (χ0) is 18.0. The number of benzene rings is 2. The predicted octanol–water partition coefficient (Wildman–Crippen LogP) is 4.79. The van der Waals surface area contributed by atoms with E-state index < -0.39 is 11.9 Å². The van der Waals surface area contributed by atoms with E-state index in [0.717, 1.165) is 18.4 Å². The first-order valence-corrected chi connectivity index (χ1v) is 8.02. The summed E-state index contributed by atoms with van der Waals surface area (Å²) >= 11 is 6.04. The molecule has 7 heteroatoms. The van der Waals surface area contributed by atoms with Crippen LogP contribution in [0.5, 0.6) is 11.5 Å². The SMILES string of the molecule is N#Cc1cc(Oc2c(Cl)ccc(CNC(=O)O)c2F)cc(C2CC2)c1. The van der Waals surface area contributed by atoms with Crippen LogP contribution in [0.25, 0.3) is 0 Å². The fraction of sp³-hybridized carbons (Fsp3) is 0.222. The van der Waals surface area contributed by atoms with Crippen LogP contribution < -0.4 is 10.1 Å². The summed E-state index contributed by atoms with van der Waals surface area (Å²) in [5, 5.41) is 20.0. The van der Waals surface area contributed by atoms with Crippen molar-refractivity contribution in [1.82, 2.24) is 5.32 Å². The van der Waals surface area contributed by atoms with Gasteiger partial charge in [-0.2, -0.15) is 5.26 Å². The van der Waals surface area contributed by atoms with Crippen LogP contribution in [-0.2, 0) is 6.54 Å². The van der Waals surface area contributed by atoms with Crippen molar-refractivity contribution in [2.24, 2.45) is 0 Å². The summed E-state index contributed by atoms with van der Waals surface area (Å²) < 4.78 is 20.2. The van der Waals surface area contributed by atoms with Gasteiger partial charge in [-0.3, -0.25) is 0 Å². The van der Waals surface area contributed by atoms with Gasteiger partial charge < -0.3 is 15.2 Å². The summed E-state index contributed by atoms with van der Waals surface area (Å²) in [4.78, 5) is 10.6. The molecule has 0 spiro atoms. The third kappa shape index (κ3) is 4.01. The molecule has 0 radical (unpaired) electrons. The lowest BCUT2D eigenvalue weighted by atomic mass is 10.1. The summed E-state index contributed by atoms with van der Waals surface area (Å²) in [6.45, 7) is -0.208. The van der Waals surface area contributed by atoms with Crippen molar-refractivity contribution < 1.29 is 19.0 Å². The topological polar surface area (TPSA) is 82.3 Å². The van der Waals surface area contributed by atoms with Crippen molar-refractivity contribution in [3.05, 3.63) is 57.9 Å². The quantitative estimate of drug-likeness (QED) is 0.803. The highest BCUT2D eigenvalue weighted by Gasteiger charge is 2.25. The van der Waals surface area contributed by atoms with Gasteiger partial charge in [0.05, 0.1) is 16.7 Å². The van der Waals surface area contributed by atoms with Gasteiger partial charge in [-0.25, -0.2) is 9.18 Å². The number of nitriles is 1. The number of carboxylic acid groups (broad SMARTS) is 1. The molecule has 1 aliphatic rings. The minimum Gasteiger partial charge on any atom is -0.465 e. The van der Waals surface area contributed by atoms with E-state index in [2.05, 4.69) is 11.4 Å². The van der Waals surface area contributed by atoms with Gasteiger partial charge >= 0.3 is 6.09 Å². The zero-order valence-electron chi connectivity index (χ0n) is 13.1. The first kappa shape index (κ1) is 17.1. The van der Waals surface area contributed by atoms with Crippen LogP contribution in [0.15, 0.2) is 30.3 Å². The van der Waals surface area contributed by atoms with Crippen LogP contribution in [0.1, 0.15) is 35.4 Å². The van der Waals surface area contributed by atoms with Crippen molar-refractivity contribution in [1.29, 1.82) is 5.26 Å². The van der Waals surface area contributed by atoms with E-state index in [-0.39, 0.29) is 22.9 Å². The lowest BCUT2D eigenvalue weighted by Gasteiger charge is -2.13. The molecule has 128 valence electrons. The second-order valence-corrected chi connectivity index (χ2v) is 6.19. The van der Waals surface area contributed by atoms with E-state index in [1.165, 1.54) is 18.2 Å². The Labute approximate surface area is 148 Å². The maximum Gasteiger partial charge on any atom is 0.404 e. The van der Waals surface area contributed by atoms with Crippen molar-refractivity contribution in [2.75, 3.05) is 0 Å². The molecule has 1 amide bonds. The number of nitrogens with zero attached hydrogens (tertiary/aromatic N) is 1. The van der Waals surface area contributed by atoms with Gasteiger partial charge in [-0.15, -0.1) is 0 Å². The number of rotatable bonds is 5. The average Bonchev–Trinajstić information content (AvgIpc) is 3.42. The van der Waals surface area contributed by atoms with Crippen molar-refractivity contribution in [3.63, 3.8) is 0 Å². The van der Waals surface area contributed by atoms with Gasteiger partial charge in [-0.05, 0) is 48.6 Å². The lowest BCUT2D eigenvalue weighted by molar-refractivity contribution is 0.194. The number of hydrogen-bond donors (Lipinski definition) is 2. The van der Waals surface area contributed by atoms with Crippen LogP contribution in [0.2, 0.25) is 5.02 Å². The van der Waals surface area contributed by atoms with E-state index in [1.807, 2.05) is 0 Å². The largest absolute Gasteiger partial charge is 0.465 e. The van der Waals surface area contributed by atoms with Crippen LogP contribution in [0.3, 0.4) is 0 Å². The van der Waals surface area contributed by atoms with Gasteiger partial charge in [0.1, 0.15) is 5.75 Å². The molecule has 0 aromatic heterocycles. The van der Waals surface area contributed by atoms with Gasteiger partial charge in [0, 0.05) is 12.1 Å². The Balaban J connectivity index is 1.92.